The number of nitrogens with zero attached hydrogens (tertiary/aromatic N) is 4. The van der Waals surface area contributed by atoms with Crippen molar-refractivity contribution in [1.82, 2.24) is 19.2 Å². The van der Waals surface area contributed by atoms with E-state index in [2.05, 4.69) is 66.3 Å². The van der Waals surface area contributed by atoms with Crippen LogP contribution < -0.4 is 14.8 Å². The number of hydrogen-bond donors (Lipinski definition) is 1. The molecular formula is C33H33N5O3. The van der Waals surface area contributed by atoms with Gasteiger partial charge in [0.2, 0.25) is 0 Å². The van der Waals surface area contributed by atoms with E-state index in [9.17, 15) is 4.79 Å². The van der Waals surface area contributed by atoms with Crippen molar-refractivity contribution < 1.29 is 14.3 Å². The minimum Gasteiger partial charge on any atom is -0.493 e. The van der Waals surface area contributed by atoms with E-state index < -0.39 is 0 Å². The SMILES string of the molecule is CCc1nn(-c2ccccc2)c2c1CN(C(=O)Nc1ccc(OC)c(OC)c1)[C@@H](c1cccc(C)c1)c1cccn1-2. The zero-order valence-electron chi connectivity index (χ0n) is 23.7. The van der Waals surface area contributed by atoms with Crippen LogP contribution in [0.15, 0.2) is 91.1 Å². The van der Waals surface area contributed by atoms with Crippen molar-refractivity contribution in [2.45, 2.75) is 32.9 Å². The van der Waals surface area contributed by atoms with E-state index in [1.807, 2.05) is 46.0 Å². The topological polar surface area (TPSA) is 73.6 Å². The number of carbonyl (C=O) groups is 1. The molecule has 1 aliphatic rings. The molecule has 0 saturated heterocycles. The normalized spacial score (nSPS) is 14.1. The van der Waals surface area contributed by atoms with Gasteiger partial charge in [0.15, 0.2) is 11.5 Å². The third-order valence-corrected chi connectivity index (χ3v) is 7.56. The molecule has 0 aliphatic carbocycles. The molecule has 3 aromatic carbocycles. The fourth-order valence-corrected chi connectivity index (χ4v) is 5.65. The predicted molar refractivity (Wildman–Crippen MR) is 159 cm³/mol. The lowest BCUT2D eigenvalue weighted by Crippen LogP contribution is -2.38. The number of rotatable bonds is 6. The van der Waals surface area contributed by atoms with Gasteiger partial charge in [-0.05, 0) is 55.3 Å². The van der Waals surface area contributed by atoms with Crippen LogP contribution in [0.5, 0.6) is 11.5 Å². The van der Waals surface area contributed by atoms with Gasteiger partial charge in [-0.2, -0.15) is 5.10 Å². The van der Waals surface area contributed by atoms with E-state index in [1.54, 1.807) is 26.4 Å². The molecule has 0 spiro atoms. The van der Waals surface area contributed by atoms with Crippen LogP contribution in [0.2, 0.25) is 0 Å². The van der Waals surface area contributed by atoms with Crippen LogP contribution in [0.4, 0.5) is 10.5 Å². The zero-order chi connectivity index (χ0) is 28.5. The zero-order valence-corrected chi connectivity index (χ0v) is 23.7. The number of para-hydroxylation sites is 1. The molecule has 8 heteroatoms. The summed E-state index contributed by atoms with van der Waals surface area (Å²) in [4.78, 5) is 16.2. The van der Waals surface area contributed by atoms with Gasteiger partial charge in [-0.1, -0.05) is 55.0 Å². The van der Waals surface area contributed by atoms with Gasteiger partial charge in [0, 0.05) is 23.5 Å². The number of anilines is 1. The summed E-state index contributed by atoms with van der Waals surface area (Å²) in [5, 5.41) is 8.16. The summed E-state index contributed by atoms with van der Waals surface area (Å²) in [5.74, 6) is 2.10. The largest absolute Gasteiger partial charge is 0.493 e. The van der Waals surface area contributed by atoms with Crippen molar-refractivity contribution in [2.24, 2.45) is 0 Å². The third-order valence-electron chi connectivity index (χ3n) is 7.56. The average molecular weight is 548 g/mol. The fourth-order valence-electron chi connectivity index (χ4n) is 5.65. The van der Waals surface area contributed by atoms with Gasteiger partial charge in [0.05, 0.1) is 43.9 Å². The molecule has 1 atom stereocenters. The molecular weight excluding hydrogens is 514 g/mol. The molecule has 6 rings (SSSR count). The van der Waals surface area contributed by atoms with E-state index in [0.717, 1.165) is 46.0 Å². The standard InChI is InChI=1S/C33H33N5O3/c1-5-27-26-21-37(33(39)34-24-16-17-29(40-3)30(20-24)41-4)31(23-12-9-11-22(2)19-23)28-15-10-18-36(28)32(26)38(35-27)25-13-7-6-8-14-25/h6-20,31H,5,21H2,1-4H3,(H,34,39)/t31-/m0/s1. The lowest BCUT2D eigenvalue weighted by molar-refractivity contribution is 0.194. The second-order valence-corrected chi connectivity index (χ2v) is 10.1. The number of hydrogen-bond acceptors (Lipinski definition) is 4. The Bertz CT molecular complexity index is 1710. The minimum atomic E-state index is -0.341. The summed E-state index contributed by atoms with van der Waals surface area (Å²) in [7, 11) is 3.17. The van der Waals surface area contributed by atoms with Gasteiger partial charge in [0.25, 0.3) is 0 Å². The average Bonchev–Trinajstić information content (AvgIpc) is 3.58. The van der Waals surface area contributed by atoms with Crippen molar-refractivity contribution in [1.29, 1.82) is 0 Å². The van der Waals surface area contributed by atoms with Gasteiger partial charge < -0.3 is 24.3 Å². The van der Waals surface area contributed by atoms with Crippen molar-refractivity contribution in [3.05, 3.63) is 119 Å². The molecule has 41 heavy (non-hydrogen) atoms. The highest BCUT2D eigenvalue weighted by atomic mass is 16.5. The van der Waals surface area contributed by atoms with Gasteiger partial charge in [0.1, 0.15) is 5.82 Å². The highest BCUT2D eigenvalue weighted by molar-refractivity contribution is 5.90. The number of carbonyl (C=O) groups excluding carboxylic acids is 1. The molecule has 0 unspecified atom stereocenters. The van der Waals surface area contributed by atoms with Crippen LogP contribution in [-0.4, -0.2) is 39.5 Å². The van der Waals surface area contributed by atoms with Gasteiger partial charge in [-0.25, -0.2) is 9.48 Å². The summed E-state index contributed by atoms with van der Waals surface area (Å²) < 4.78 is 15.1. The Morgan fingerprint density at radius 3 is 2.49 bits per heavy atom. The summed E-state index contributed by atoms with van der Waals surface area (Å²) in [6.45, 7) is 4.56. The Morgan fingerprint density at radius 1 is 0.951 bits per heavy atom. The minimum absolute atomic E-state index is 0.223. The van der Waals surface area contributed by atoms with Gasteiger partial charge >= 0.3 is 6.03 Å². The first kappa shape index (κ1) is 26.3. The smallest absolute Gasteiger partial charge is 0.322 e. The summed E-state index contributed by atoms with van der Waals surface area (Å²) in [6, 6.07) is 27.4. The molecule has 0 saturated carbocycles. The predicted octanol–water partition coefficient (Wildman–Crippen LogP) is 6.69. The number of ether oxygens (including phenoxy) is 2. The number of methoxy groups -OCH3 is 2. The summed E-state index contributed by atoms with van der Waals surface area (Å²) in [6.07, 6.45) is 2.80. The Hall–Kier alpha value is -4.98. The number of nitrogens with one attached hydrogen (secondary N) is 1. The lowest BCUT2D eigenvalue weighted by atomic mass is 10.00. The Kier molecular flexibility index (Phi) is 6.97. The van der Waals surface area contributed by atoms with Crippen LogP contribution in [-0.2, 0) is 13.0 Å². The maximum atomic E-state index is 14.3. The Balaban J connectivity index is 1.52. The highest BCUT2D eigenvalue weighted by Crippen LogP contribution is 2.39. The van der Waals surface area contributed by atoms with Gasteiger partial charge in [-0.15, -0.1) is 0 Å². The summed E-state index contributed by atoms with van der Waals surface area (Å²) >= 11 is 0. The molecule has 1 aliphatic heterocycles. The lowest BCUT2D eigenvalue weighted by Gasteiger charge is -2.31. The maximum Gasteiger partial charge on any atom is 0.322 e. The van der Waals surface area contributed by atoms with E-state index in [1.165, 1.54) is 0 Å². The van der Waals surface area contributed by atoms with Crippen molar-refractivity contribution >= 4 is 11.7 Å². The maximum absolute atomic E-state index is 14.3. The quantitative estimate of drug-likeness (QED) is 0.257. The van der Waals surface area contributed by atoms with E-state index >= 15 is 0 Å². The van der Waals surface area contributed by atoms with Crippen LogP contribution in [0, 0.1) is 6.92 Å². The number of aryl methyl sites for hydroxylation is 2. The van der Waals surface area contributed by atoms with Crippen molar-refractivity contribution in [2.75, 3.05) is 19.5 Å². The van der Waals surface area contributed by atoms with E-state index in [-0.39, 0.29) is 12.1 Å². The molecule has 2 amide bonds. The number of amides is 2. The molecule has 2 aromatic heterocycles. The third kappa shape index (κ3) is 4.71. The van der Waals surface area contributed by atoms with E-state index in [4.69, 9.17) is 14.6 Å². The number of aromatic nitrogens is 3. The first-order valence-corrected chi connectivity index (χ1v) is 13.7. The van der Waals surface area contributed by atoms with Crippen LogP contribution >= 0.6 is 0 Å². The molecule has 5 aromatic rings. The monoisotopic (exact) mass is 547 g/mol. The molecule has 1 N–H and O–H groups in total. The van der Waals surface area contributed by atoms with Crippen molar-refractivity contribution in [3.8, 4) is 23.0 Å². The molecule has 3 heterocycles. The van der Waals surface area contributed by atoms with Crippen LogP contribution in [0.3, 0.4) is 0 Å². The fraction of sp³-hybridized carbons (Fsp3) is 0.212. The van der Waals surface area contributed by atoms with Gasteiger partial charge in [-0.3, -0.25) is 0 Å². The number of benzene rings is 3. The molecule has 0 fully saturated rings. The van der Waals surface area contributed by atoms with Crippen LogP contribution in [0.25, 0.3) is 11.5 Å². The van der Waals surface area contributed by atoms with Crippen LogP contribution in [0.1, 0.15) is 41.0 Å². The van der Waals surface area contributed by atoms with E-state index in [0.29, 0.717) is 23.7 Å². The molecule has 0 bridgehead atoms. The molecule has 0 radical (unpaired) electrons. The number of urea groups is 1. The molecule has 8 nitrogen and oxygen atoms in total. The number of fused-ring (bicyclic) bond motifs is 3. The second kappa shape index (κ2) is 10.9. The molecule has 208 valence electrons. The summed E-state index contributed by atoms with van der Waals surface area (Å²) in [5.41, 5.74) is 6.71. The van der Waals surface area contributed by atoms with Crippen molar-refractivity contribution in [3.63, 3.8) is 0 Å². The second-order valence-electron chi connectivity index (χ2n) is 10.1. The first-order chi connectivity index (χ1) is 20.0. The Labute approximate surface area is 239 Å². The first-order valence-electron chi connectivity index (χ1n) is 13.7. The highest BCUT2D eigenvalue weighted by Gasteiger charge is 2.36. The Morgan fingerprint density at radius 2 is 1.76 bits per heavy atom.